The van der Waals surface area contributed by atoms with E-state index in [4.69, 9.17) is 9.47 Å². The minimum absolute atomic E-state index is 0.258. The van der Waals surface area contributed by atoms with Crippen molar-refractivity contribution in [3.05, 3.63) is 90.9 Å². The number of imidazole rings is 1. The highest BCUT2D eigenvalue weighted by Gasteiger charge is 2.13. The Morgan fingerprint density at radius 2 is 1.94 bits per heavy atom. The predicted octanol–water partition coefficient (Wildman–Crippen LogP) is 3.99. The molecule has 1 amide bonds. The summed E-state index contributed by atoms with van der Waals surface area (Å²) in [5.41, 5.74) is 3.35. The number of benzene rings is 2. The van der Waals surface area contributed by atoms with Gasteiger partial charge in [0.05, 0.1) is 30.2 Å². The number of rotatable bonds is 7. The summed E-state index contributed by atoms with van der Waals surface area (Å²) in [4.78, 5) is 21.6. The van der Waals surface area contributed by atoms with E-state index in [0.29, 0.717) is 17.2 Å². The Labute approximate surface area is 195 Å². The van der Waals surface area contributed by atoms with Crippen molar-refractivity contribution < 1.29 is 14.3 Å². The molecule has 0 radical (unpaired) electrons. The molecular formula is C25H22N6O3. The number of ether oxygens (including phenoxy) is 2. The third-order valence-corrected chi connectivity index (χ3v) is 5.26. The van der Waals surface area contributed by atoms with Gasteiger partial charge in [-0.3, -0.25) is 9.48 Å². The maximum atomic E-state index is 12.7. The number of hydrogen-bond acceptors (Lipinski definition) is 6. The highest BCUT2D eigenvalue weighted by Crippen LogP contribution is 2.31. The number of carbonyl (C=O) groups excluding carboxylic acids is 1. The van der Waals surface area contributed by atoms with Gasteiger partial charge >= 0.3 is 0 Å². The van der Waals surface area contributed by atoms with Gasteiger partial charge in [-0.05, 0) is 24.3 Å². The maximum Gasteiger partial charge on any atom is 0.275 e. The second kappa shape index (κ2) is 9.07. The lowest BCUT2D eigenvalue weighted by atomic mass is 10.2. The monoisotopic (exact) mass is 454 g/mol. The summed E-state index contributed by atoms with van der Waals surface area (Å²) in [6, 6.07) is 17.1. The lowest BCUT2D eigenvalue weighted by Gasteiger charge is -2.13. The van der Waals surface area contributed by atoms with Gasteiger partial charge in [0.1, 0.15) is 18.6 Å². The SMILES string of the molecule is COc1ccc(NC(=O)c2cn(-c3cnn(C)c3)cn2)cc1OCc1ccc2ccccc2n1. The lowest BCUT2D eigenvalue weighted by Crippen LogP contribution is -2.12. The van der Waals surface area contributed by atoms with Gasteiger partial charge in [-0.25, -0.2) is 9.97 Å². The van der Waals surface area contributed by atoms with Crippen LogP contribution in [-0.4, -0.2) is 37.3 Å². The molecule has 0 fully saturated rings. The number of anilines is 1. The number of fused-ring (bicyclic) bond motifs is 1. The fourth-order valence-electron chi connectivity index (χ4n) is 3.53. The summed E-state index contributed by atoms with van der Waals surface area (Å²) in [5.74, 6) is 0.714. The van der Waals surface area contributed by atoms with Crippen molar-refractivity contribution >= 4 is 22.5 Å². The van der Waals surface area contributed by atoms with Crippen LogP contribution in [0.3, 0.4) is 0 Å². The quantitative estimate of drug-likeness (QED) is 0.399. The number of methoxy groups -OCH3 is 1. The van der Waals surface area contributed by atoms with Crippen molar-refractivity contribution in [1.82, 2.24) is 24.3 Å². The number of aromatic nitrogens is 5. The average Bonchev–Trinajstić information content (AvgIpc) is 3.52. The predicted molar refractivity (Wildman–Crippen MR) is 127 cm³/mol. The average molecular weight is 454 g/mol. The number of nitrogens with zero attached hydrogens (tertiary/aromatic N) is 5. The standard InChI is InChI=1S/C25H22N6O3/c1-30-13-20(12-27-30)31-14-22(26-16-31)25(32)29-18-9-10-23(33-2)24(11-18)34-15-19-8-7-17-5-3-4-6-21(17)28-19/h3-14,16H,15H2,1-2H3,(H,29,32). The van der Waals surface area contributed by atoms with Gasteiger partial charge in [0.2, 0.25) is 0 Å². The Kier molecular flexibility index (Phi) is 5.65. The van der Waals surface area contributed by atoms with Crippen LogP contribution in [0.15, 0.2) is 79.5 Å². The van der Waals surface area contributed by atoms with Crippen LogP contribution < -0.4 is 14.8 Å². The molecule has 0 aliphatic rings. The first-order valence-electron chi connectivity index (χ1n) is 10.6. The van der Waals surface area contributed by atoms with E-state index in [1.807, 2.05) is 49.6 Å². The smallest absolute Gasteiger partial charge is 0.275 e. The molecule has 0 bridgehead atoms. The Morgan fingerprint density at radius 1 is 1.06 bits per heavy atom. The fourth-order valence-corrected chi connectivity index (χ4v) is 3.53. The van der Waals surface area contributed by atoms with E-state index >= 15 is 0 Å². The molecule has 0 saturated heterocycles. The van der Waals surface area contributed by atoms with E-state index in [1.165, 1.54) is 0 Å². The summed E-state index contributed by atoms with van der Waals surface area (Å²) in [5, 5.41) is 8.06. The van der Waals surface area contributed by atoms with Gasteiger partial charge in [0, 0.05) is 36.6 Å². The number of hydrogen-bond donors (Lipinski definition) is 1. The molecule has 0 spiro atoms. The summed E-state index contributed by atoms with van der Waals surface area (Å²) < 4.78 is 14.8. The van der Waals surface area contributed by atoms with E-state index in [-0.39, 0.29) is 18.2 Å². The third kappa shape index (κ3) is 4.44. The number of carbonyl (C=O) groups is 1. The van der Waals surface area contributed by atoms with Crippen LogP contribution in [0.1, 0.15) is 16.2 Å². The van der Waals surface area contributed by atoms with Crippen molar-refractivity contribution in [3.8, 4) is 17.2 Å². The summed E-state index contributed by atoms with van der Waals surface area (Å²) in [6.07, 6.45) is 6.76. The van der Waals surface area contributed by atoms with Crippen LogP contribution in [0.25, 0.3) is 16.6 Å². The second-order valence-electron chi connectivity index (χ2n) is 7.64. The molecule has 0 saturated carbocycles. The first-order valence-corrected chi connectivity index (χ1v) is 10.6. The summed E-state index contributed by atoms with van der Waals surface area (Å²) in [6.45, 7) is 0.258. The molecule has 34 heavy (non-hydrogen) atoms. The third-order valence-electron chi connectivity index (χ3n) is 5.26. The van der Waals surface area contributed by atoms with Gasteiger partial charge < -0.3 is 19.4 Å². The molecule has 9 heteroatoms. The van der Waals surface area contributed by atoms with Crippen LogP contribution in [0.2, 0.25) is 0 Å². The van der Waals surface area contributed by atoms with E-state index < -0.39 is 0 Å². The fraction of sp³-hybridized carbons (Fsp3) is 0.120. The van der Waals surface area contributed by atoms with Crippen molar-refractivity contribution in [1.29, 1.82) is 0 Å². The molecule has 170 valence electrons. The number of para-hydroxylation sites is 1. The van der Waals surface area contributed by atoms with E-state index in [1.54, 1.807) is 53.3 Å². The van der Waals surface area contributed by atoms with Crippen molar-refractivity contribution in [2.45, 2.75) is 6.61 Å². The van der Waals surface area contributed by atoms with Crippen LogP contribution >= 0.6 is 0 Å². The molecule has 2 aromatic carbocycles. The maximum absolute atomic E-state index is 12.7. The minimum Gasteiger partial charge on any atom is -0.493 e. The molecule has 3 aromatic heterocycles. The van der Waals surface area contributed by atoms with E-state index in [9.17, 15) is 4.79 Å². The van der Waals surface area contributed by atoms with Crippen molar-refractivity contribution in [2.75, 3.05) is 12.4 Å². The van der Waals surface area contributed by atoms with Crippen LogP contribution in [0, 0.1) is 0 Å². The highest BCUT2D eigenvalue weighted by molar-refractivity contribution is 6.03. The molecule has 0 aliphatic heterocycles. The van der Waals surface area contributed by atoms with Gasteiger partial charge in [0.15, 0.2) is 11.5 Å². The zero-order valence-corrected chi connectivity index (χ0v) is 18.7. The largest absolute Gasteiger partial charge is 0.493 e. The first-order chi connectivity index (χ1) is 16.6. The molecule has 9 nitrogen and oxygen atoms in total. The lowest BCUT2D eigenvalue weighted by molar-refractivity contribution is 0.102. The Hall–Kier alpha value is -4.66. The number of pyridine rings is 1. The molecular weight excluding hydrogens is 432 g/mol. The van der Waals surface area contributed by atoms with Gasteiger partial charge in [-0.2, -0.15) is 5.10 Å². The second-order valence-corrected chi connectivity index (χ2v) is 7.64. The number of amides is 1. The normalized spacial score (nSPS) is 10.9. The number of nitrogens with one attached hydrogen (secondary N) is 1. The van der Waals surface area contributed by atoms with E-state index in [0.717, 1.165) is 22.3 Å². The molecule has 0 aliphatic carbocycles. The molecule has 0 unspecified atom stereocenters. The van der Waals surface area contributed by atoms with Gasteiger partial charge in [-0.1, -0.05) is 24.3 Å². The zero-order valence-electron chi connectivity index (χ0n) is 18.7. The Balaban J connectivity index is 1.30. The Morgan fingerprint density at radius 3 is 2.76 bits per heavy atom. The minimum atomic E-state index is -0.338. The molecule has 5 rings (SSSR count). The summed E-state index contributed by atoms with van der Waals surface area (Å²) in [7, 11) is 3.40. The first kappa shape index (κ1) is 21.2. The molecule has 5 aromatic rings. The van der Waals surface area contributed by atoms with Gasteiger partial charge in [-0.15, -0.1) is 0 Å². The van der Waals surface area contributed by atoms with E-state index in [2.05, 4.69) is 20.4 Å². The van der Waals surface area contributed by atoms with Gasteiger partial charge in [0.25, 0.3) is 5.91 Å². The van der Waals surface area contributed by atoms with Crippen molar-refractivity contribution in [3.63, 3.8) is 0 Å². The highest BCUT2D eigenvalue weighted by atomic mass is 16.5. The number of aryl methyl sites for hydroxylation is 1. The van der Waals surface area contributed by atoms with Crippen LogP contribution in [-0.2, 0) is 13.7 Å². The Bertz CT molecular complexity index is 1470. The summed E-state index contributed by atoms with van der Waals surface area (Å²) >= 11 is 0. The molecule has 0 atom stereocenters. The topological polar surface area (TPSA) is 96.1 Å². The van der Waals surface area contributed by atoms with Crippen LogP contribution in [0.5, 0.6) is 11.5 Å². The van der Waals surface area contributed by atoms with Crippen LogP contribution in [0.4, 0.5) is 5.69 Å². The molecule has 1 N–H and O–H groups in total. The zero-order chi connectivity index (χ0) is 23.5. The molecule has 3 heterocycles. The van der Waals surface area contributed by atoms with Crippen molar-refractivity contribution in [2.24, 2.45) is 7.05 Å².